The van der Waals surface area contributed by atoms with Crippen LogP contribution in [0.4, 0.5) is 0 Å². The van der Waals surface area contributed by atoms with Crippen LogP contribution in [0.15, 0.2) is 35.3 Å². The molecule has 7 heteroatoms. The largest absolute Gasteiger partial charge is 0.357 e. The lowest BCUT2D eigenvalue weighted by Gasteiger charge is -2.33. The smallest absolute Gasteiger partial charge is 0.224 e. The molecule has 1 atom stereocenters. The third-order valence-corrected chi connectivity index (χ3v) is 6.24. The summed E-state index contributed by atoms with van der Waals surface area (Å²) in [7, 11) is 0. The number of rotatable bonds is 7. The minimum atomic E-state index is 0. The first-order valence-electron chi connectivity index (χ1n) is 11.8. The number of nitrogens with one attached hydrogen (secondary N) is 2. The van der Waals surface area contributed by atoms with Gasteiger partial charge in [0.2, 0.25) is 5.91 Å². The van der Waals surface area contributed by atoms with Gasteiger partial charge in [-0.3, -0.25) is 14.7 Å². The molecule has 2 N–H and O–H groups in total. The van der Waals surface area contributed by atoms with Crippen molar-refractivity contribution in [2.45, 2.75) is 71.0 Å². The van der Waals surface area contributed by atoms with Gasteiger partial charge in [0.1, 0.15) is 0 Å². The molecule has 1 aromatic rings. The maximum atomic E-state index is 12.5. The summed E-state index contributed by atoms with van der Waals surface area (Å²) in [6.07, 6.45) is 6.22. The Morgan fingerprint density at radius 1 is 1.10 bits per heavy atom. The Hall–Kier alpha value is -1.35. The molecule has 0 saturated carbocycles. The molecule has 2 aliphatic heterocycles. The zero-order valence-corrected chi connectivity index (χ0v) is 21.5. The van der Waals surface area contributed by atoms with Gasteiger partial charge < -0.3 is 15.5 Å². The lowest BCUT2D eigenvalue weighted by molar-refractivity contribution is -0.134. The van der Waals surface area contributed by atoms with Gasteiger partial charge in [-0.1, -0.05) is 30.3 Å². The molecule has 1 amide bonds. The summed E-state index contributed by atoms with van der Waals surface area (Å²) in [4.78, 5) is 21.8. The summed E-state index contributed by atoms with van der Waals surface area (Å²) in [5.41, 5.74) is 1.38. The number of amides is 1. The topological polar surface area (TPSA) is 60.0 Å². The van der Waals surface area contributed by atoms with Crippen molar-refractivity contribution in [2.24, 2.45) is 4.99 Å². The number of aliphatic imine (C=N–C) groups is 1. The van der Waals surface area contributed by atoms with E-state index in [4.69, 9.17) is 0 Å². The zero-order valence-electron chi connectivity index (χ0n) is 19.2. The van der Waals surface area contributed by atoms with Crippen LogP contribution in [0.3, 0.4) is 0 Å². The fourth-order valence-corrected chi connectivity index (χ4v) is 4.47. The van der Waals surface area contributed by atoms with E-state index >= 15 is 0 Å². The van der Waals surface area contributed by atoms with E-state index in [0.29, 0.717) is 25.0 Å². The lowest BCUT2D eigenvalue weighted by Crippen LogP contribution is -2.48. The molecule has 0 aromatic heterocycles. The SMILES string of the molecule is CCNC(=NCCC(=O)N1CCCCC1C)NC1CCN(Cc2ccccc2)CC1.I. The van der Waals surface area contributed by atoms with Crippen LogP contribution in [0.5, 0.6) is 0 Å². The quantitative estimate of drug-likeness (QED) is 0.315. The Kier molecular flexibility index (Phi) is 11.6. The van der Waals surface area contributed by atoms with E-state index in [1.807, 2.05) is 4.90 Å². The van der Waals surface area contributed by atoms with Crippen molar-refractivity contribution in [3.63, 3.8) is 0 Å². The van der Waals surface area contributed by atoms with Crippen molar-refractivity contribution >= 4 is 35.8 Å². The molecular weight excluding hydrogens is 501 g/mol. The lowest BCUT2D eigenvalue weighted by atomic mass is 10.0. The number of likely N-dealkylation sites (tertiary alicyclic amines) is 2. The third kappa shape index (κ3) is 8.60. The van der Waals surface area contributed by atoms with E-state index in [1.54, 1.807) is 0 Å². The van der Waals surface area contributed by atoms with Crippen LogP contribution in [-0.4, -0.2) is 66.5 Å². The highest BCUT2D eigenvalue weighted by Crippen LogP contribution is 2.17. The van der Waals surface area contributed by atoms with E-state index in [-0.39, 0.29) is 29.9 Å². The second-order valence-electron chi connectivity index (χ2n) is 8.62. The molecule has 0 aliphatic carbocycles. The average molecular weight is 542 g/mol. The highest BCUT2D eigenvalue weighted by Gasteiger charge is 2.23. The van der Waals surface area contributed by atoms with Gasteiger partial charge >= 0.3 is 0 Å². The van der Waals surface area contributed by atoms with Gasteiger partial charge in [-0.05, 0) is 51.5 Å². The molecule has 1 unspecified atom stereocenters. The number of piperidine rings is 2. The predicted molar refractivity (Wildman–Crippen MR) is 139 cm³/mol. The maximum Gasteiger partial charge on any atom is 0.224 e. The predicted octanol–water partition coefficient (Wildman–Crippen LogP) is 3.62. The summed E-state index contributed by atoms with van der Waals surface area (Å²) < 4.78 is 0. The van der Waals surface area contributed by atoms with Gasteiger partial charge in [0.15, 0.2) is 5.96 Å². The number of carbonyl (C=O) groups is 1. The van der Waals surface area contributed by atoms with Crippen molar-refractivity contribution in [2.75, 3.05) is 32.7 Å². The monoisotopic (exact) mass is 541 g/mol. The van der Waals surface area contributed by atoms with Crippen molar-refractivity contribution in [1.29, 1.82) is 0 Å². The maximum absolute atomic E-state index is 12.5. The van der Waals surface area contributed by atoms with Gasteiger partial charge in [0, 0.05) is 51.2 Å². The summed E-state index contributed by atoms with van der Waals surface area (Å²) >= 11 is 0. The zero-order chi connectivity index (χ0) is 21.2. The number of halogens is 1. The highest BCUT2D eigenvalue weighted by molar-refractivity contribution is 14.0. The fourth-order valence-electron chi connectivity index (χ4n) is 4.47. The van der Waals surface area contributed by atoms with Gasteiger partial charge in [0.25, 0.3) is 0 Å². The van der Waals surface area contributed by atoms with Gasteiger partial charge in [-0.2, -0.15) is 0 Å². The number of guanidine groups is 1. The van der Waals surface area contributed by atoms with Crippen LogP contribution in [-0.2, 0) is 11.3 Å². The molecule has 2 aliphatic rings. The van der Waals surface area contributed by atoms with Gasteiger partial charge in [-0.15, -0.1) is 24.0 Å². The third-order valence-electron chi connectivity index (χ3n) is 6.24. The van der Waals surface area contributed by atoms with Gasteiger partial charge in [0.05, 0.1) is 6.54 Å². The molecule has 174 valence electrons. The minimum absolute atomic E-state index is 0. The first kappa shape index (κ1) is 25.9. The summed E-state index contributed by atoms with van der Waals surface area (Å²) in [5.74, 6) is 1.09. The summed E-state index contributed by atoms with van der Waals surface area (Å²) in [6.45, 7) is 9.74. The average Bonchev–Trinajstić information content (AvgIpc) is 2.76. The van der Waals surface area contributed by atoms with Crippen LogP contribution >= 0.6 is 24.0 Å². The number of carbonyl (C=O) groups excluding carboxylic acids is 1. The normalized spacial score (nSPS) is 20.8. The molecule has 2 fully saturated rings. The Balaban J connectivity index is 0.00000341. The van der Waals surface area contributed by atoms with Crippen molar-refractivity contribution < 1.29 is 4.79 Å². The number of nitrogens with zero attached hydrogens (tertiary/aromatic N) is 3. The molecule has 0 bridgehead atoms. The molecule has 3 rings (SSSR count). The van der Waals surface area contributed by atoms with Crippen LogP contribution < -0.4 is 10.6 Å². The van der Waals surface area contributed by atoms with Crippen LogP contribution in [0.1, 0.15) is 57.9 Å². The number of hydrogen-bond acceptors (Lipinski definition) is 3. The Bertz CT molecular complexity index is 676. The van der Waals surface area contributed by atoms with Crippen molar-refractivity contribution in [1.82, 2.24) is 20.4 Å². The first-order chi connectivity index (χ1) is 14.7. The Morgan fingerprint density at radius 3 is 2.52 bits per heavy atom. The minimum Gasteiger partial charge on any atom is -0.357 e. The molecule has 1 aromatic carbocycles. The second-order valence-corrected chi connectivity index (χ2v) is 8.62. The van der Waals surface area contributed by atoms with E-state index in [0.717, 1.165) is 64.4 Å². The Morgan fingerprint density at radius 2 is 1.84 bits per heavy atom. The van der Waals surface area contributed by atoms with Crippen LogP contribution in [0.25, 0.3) is 0 Å². The van der Waals surface area contributed by atoms with E-state index in [1.165, 1.54) is 12.0 Å². The molecule has 31 heavy (non-hydrogen) atoms. The molecule has 6 nitrogen and oxygen atoms in total. The fraction of sp³-hybridized carbons (Fsp3) is 0.667. The van der Waals surface area contributed by atoms with Crippen molar-refractivity contribution in [3.05, 3.63) is 35.9 Å². The second kappa shape index (κ2) is 13.9. The Labute approximate surface area is 205 Å². The highest BCUT2D eigenvalue weighted by atomic mass is 127. The molecular formula is C24H40IN5O. The number of hydrogen-bond donors (Lipinski definition) is 2. The molecule has 2 heterocycles. The van der Waals surface area contributed by atoms with E-state index in [2.05, 4.69) is 64.7 Å². The van der Waals surface area contributed by atoms with E-state index < -0.39 is 0 Å². The van der Waals surface area contributed by atoms with Crippen molar-refractivity contribution in [3.8, 4) is 0 Å². The standard InChI is InChI=1S/C24H39N5O.HI/c1-3-25-24(26-15-12-23(30)29-16-8-7-9-20(29)2)27-22-13-17-28(18-14-22)19-21-10-5-4-6-11-21;/h4-6,10-11,20,22H,3,7-9,12-19H2,1-2H3,(H2,25,26,27);1H. The number of benzene rings is 1. The summed E-state index contributed by atoms with van der Waals surface area (Å²) in [6, 6.07) is 11.5. The summed E-state index contributed by atoms with van der Waals surface area (Å²) in [5, 5.41) is 6.93. The molecule has 0 spiro atoms. The van der Waals surface area contributed by atoms with Crippen LogP contribution in [0, 0.1) is 0 Å². The van der Waals surface area contributed by atoms with Crippen LogP contribution in [0.2, 0.25) is 0 Å². The molecule has 2 saturated heterocycles. The van der Waals surface area contributed by atoms with Gasteiger partial charge in [-0.25, -0.2) is 0 Å². The van der Waals surface area contributed by atoms with E-state index in [9.17, 15) is 4.79 Å². The molecule has 0 radical (unpaired) electrons. The first-order valence-corrected chi connectivity index (χ1v) is 11.8.